The van der Waals surface area contributed by atoms with Gasteiger partial charge >= 0.3 is 0 Å². The lowest BCUT2D eigenvalue weighted by Crippen LogP contribution is -2.43. The summed E-state index contributed by atoms with van der Waals surface area (Å²) in [5.41, 5.74) is 0.712. The minimum Gasteiger partial charge on any atom is -0.299 e. The summed E-state index contributed by atoms with van der Waals surface area (Å²) in [5, 5.41) is 0. The van der Waals surface area contributed by atoms with E-state index in [1.54, 1.807) is 6.20 Å². The number of nitrogens with zero attached hydrogens (tertiary/aromatic N) is 1. The number of pyridine rings is 1. The molecule has 1 fully saturated rings. The number of rotatable bonds is 5. The normalized spacial score (nSPS) is 17.5. The van der Waals surface area contributed by atoms with Crippen molar-refractivity contribution in [3.05, 3.63) is 28.5 Å². The third-order valence-corrected chi connectivity index (χ3v) is 4.19. The van der Waals surface area contributed by atoms with Crippen LogP contribution in [0.5, 0.6) is 0 Å². The molecular weight excluding hydrogens is 278 g/mol. The number of ketones is 1. The average Bonchev–Trinajstić information content (AvgIpc) is 2.27. The van der Waals surface area contributed by atoms with Gasteiger partial charge in [-0.25, -0.2) is 0 Å². The fourth-order valence-corrected chi connectivity index (χ4v) is 2.68. The van der Waals surface area contributed by atoms with Crippen molar-refractivity contribution in [3.8, 4) is 0 Å². The number of halogens is 1. The monoisotopic (exact) mass is 295 g/mol. The van der Waals surface area contributed by atoms with E-state index < -0.39 is 0 Å². The second-order valence-corrected chi connectivity index (χ2v) is 5.74. The van der Waals surface area contributed by atoms with Gasteiger partial charge in [0.2, 0.25) is 0 Å². The molecule has 0 radical (unpaired) electrons. The summed E-state index contributed by atoms with van der Waals surface area (Å²) in [7, 11) is 0. The Balaban J connectivity index is 2.19. The van der Waals surface area contributed by atoms with E-state index in [1.165, 1.54) is 0 Å². The van der Waals surface area contributed by atoms with Crippen molar-refractivity contribution in [2.45, 2.75) is 50.9 Å². The Morgan fingerprint density at radius 3 is 2.71 bits per heavy atom. The maximum atomic E-state index is 12.3. The molecule has 0 amide bonds. The zero-order valence-electron chi connectivity index (χ0n) is 10.2. The van der Waals surface area contributed by atoms with Crippen LogP contribution in [0.15, 0.2) is 22.8 Å². The van der Waals surface area contributed by atoms with Crippen molar-refractivity contribution in [1.82, 2.24) is 4.98 Å². The van der Waals surface area contributed by atoms with Crippen molar-refractivity contribution in [1.29, 1.82) is 0 Å². The van der Waals surface area contributed by atoms with Crippen LogP contribution in [-0.4, -0.2) is 10.8 Å². The van der Waals surface area contributed by atoms with Gasteiger partial charge in [0.25, 0.3) is 0 Å². The number of hydrogen-bond acceptors (Lipinski definition) is 2. The van der Waals surface area contributed by atoms with Crippen LogP contribution < -0.4 is 0 Å². The van der Waals surface area contributed by atoms with E-state index in [-0.39, 0.29) is 5.41 Å². The molecule has 1 aliphatic rings. The van der Waals surface area contributed by atoms with Crippen molar-refractivity contribution < 1.29 is 4.79 Å². The molecule has 0 N–H and O–H groups in total. The highest BCUT2D eigenvalue weighted by Gasteiger charge is 2.45. The van der Waals surface area contributed by atoms with Gasteiger partial charge in [-0.15, -0.1) is 0 Å². The zero-order valence-corrected chi connectivity index (χ0v) is 11.8. The lowest BCUT2D eigenvalue weighted by Gasteiger charge is -2.40. The molecule has 17 heavy (non-hydrogen) atoms. The van der Waals surface area contributed by atoms with Gasteiger partial charge in [-0.3, -0.25) is 9.78 Å². The van der Waals surface area contributed by atoms with Crippen LogP contribution >= 0.6 is 15.9 Å². The van der Waals surface area contributed by atoms with Gasteiger partial charge in [0, 0.05) is 17.1 Å². The Morgan fingerprint density at radius 2 is 2.24 bits per heavy atom. The molecule has 1 aliphatic carbocycles. The lowest BCUT2D eigenvalue weighted by molar-refractivity contribution is -0.128. The third kappa shape index (κ3) is 2.44. The summed E-state index contributed by atoms with van der Waals surface area (Å²) in [5.74, 6) is 0.389. The van der Waals surface area contributed by atoms with Crippen LogP contribution in [0.1, 0.15) is 51.1 Å². The number of carbonyl (C=O) groups excluding carboxylic acids is 1. The molecule has 3 heteroatoms. The van der Waals surface area contributed by atoms with E-state index in [0.717, 1.165) is 42.3 Å². The van der Waals surface area contributed by atoms with Gasteiger partial charge in [0.1, 0.15) is 5.78 Å². The maximum absolute atomic E-state index is 12.3. The molecule has 2 rings (SSSR count). The first-order valence-corrected chi connectivity index (χ1v) is 7.14. The molecule has 0 spiro atoms. The summed E-state index contributed by atoms with van der Waals surface area (Å²) < 4.78 is 0.969. The van der Waals surface area contributed by atoms with Crippen LogP contribution in [0.2, 0.25) is 0 Å². The van der Waals surface area contributed by atoms with E-state index >= 15 is 0 Å². The van der Waals surface area contributed by atoms with E-state index in [4.69, 9.17) is 0 Å². The summed E-state index contributed by atoms with van der Waals surface area (Å²) in [6, 6.07) is 3.97. The second kappa shape index (κ2) is 5.30. The minimum absolute atomic E-state index is 0.254. The van der Waals surface area contributed by atoms with Gasteiger partial charge in [0.05, 0.1) is 11.1 Å². The quantitative estimate of drug-likeness (QED) is 0.821. The van der Waals surface area contributed by atoms with E-state index in [2.05, 4.69) is 27.8 Å². The molecule has 2 nitrogen and oxygen atoms in total. The van der Waals surface area contributed by atoms with E-state index in [9.17, 15) is 4.79 Å². The van der Waals surface area contributed by atoms with Crippen molar-refractivity contribution in [2.75, 3.05) is 0 Å². The molecule has 0 aromatic carbocycles. The topological polar surface area (TPSA) is 30.0 Å². The molecule has 0 aliphatic heterocycles. The Kier molecular flexibility index (Phi) is 3.97. The first-order valence-electron chi connectivity index (χ1n) is 6.34. The minimum atomic E-state index is -0.254. The number of unbranched alkanes of at least 4 members (excludes halogenated alkanes) is 1. The Labute approximate surface area is 111 Å². The van der Waals surface area contributed by atoms with Gasteiger partial charge in [-0.1, -0.05) is 19.8 Å². The molecule has 1 saturated carbocycles. The molecule has 0 bridgehead atoms. The van der Waals surface area contributed by atoms with E-state index in [1.807, 2.05) is 12.1 Å². The molecule has 0 saturated heterocycles. The highest BCUT2D eigenvalue weighted by atomic mass is 79.9. The predicted octanol–water partition coefficient (Wildman–Crippen LogP) is 4.03. The molecule has 0 atom stereocenters. The summed E-state index contributed by atoms with van der Waals surface area (Å²) in [6.07, 6.45) is 7.67. The van der Waals surface area contributed by atoms with Gasteiger partial charge in [-0.2, -0.15) is 0 Å². The number of Topliss-reactive ketones (excluding diaryl/α,β-unsaturated/α-hetero) is 1. The highest BCUT2D eigenvalue weighted by Crippen LogP contribution is 2.44. The second-order valence-electron chi connectivity index (χ2n) is 4.82. The standard InChI is InChI=1S/C14H18BrNO/c1-2-3-5-13(17)14(8-4-9-14)12-7-6-11(15)10-16-12/h6-7,10H,2-5,8-9H2,1H3. The highest BCUT2D eigenvalue weighted by molar-refractivity contribution is 9.10. The Bertz CT molecular complexity index is 395. The third-order valence-electron chi connectivity index (χ3n) is 3.72. The van der Waals surface area contributed by atoms with Crippen LogP contribution in [0.25, 0.3) is 0 Å². The Morgan fingerprint density at radius 1 is 1.47 bits per heavy atom. The SMILES string of the molecule is CCCCC(=O)C1(c2ccc(Br)cn2)CCC1. The largest absolute Gasteiger partial charge is 0.299 e. The number of aromatic nitrogens is 1. The smallest absolute Gasteiger partial charge is 0.144 e. The summed E-state index contributed by atoms with van der Waals surface area (Å²) in [4.78, 5) is 16.8. The first-order chi connectivity index (χ1) is 8.19. The summed E-state index contributed by atoms with van der Waals surface area (Å²) in [6.45, 7) is 2.12. The lowest BCUT2D eigenvalue weighted by atomic mass is 9.63. The Hall–Kier alpha value is -0.700. The first kappa shape index (κ1) is 12.7. The van der Waals surface area contributed by atoms with Crippen LogP contribution in [-0.2, 0) is 10.2 Å². The molecule has 1 heterocycles. The molecule has 1 aromatic rings. The van der Waals surface area contributed by atoms with Crippen LogP contribution in [0.3, 0.4) is 0 Å². The van der Waals surface area contributed by atoms with Crippen LogP contribution in [0, 0.1) is 0 Å². The van der Waals surface area contributed by atoms with Gasteiger partial charge < -0.3 is 0 Å². The fourth-order valence-electron chi connectivity index (χ4n) is 2.44. The van der Waals surface area contributed by atoms with Crippen molar-refractivity contribution in [2.24, 2.45) is 0 Å². The summed E-state index contributed by atoms with van der Waals surface area (Å²) >= 11 is 3.38. The van der Waals surface area contributed by atoms with Crippen LogP contribution in [0.4, 0.5) is 0 Å². The fraction of sp³-hybridized carbons (Fsp3) is 0.571. The van der Waals surface area contributed by atoms with Crippen molar-refractivity contribution >= 4 is 21.7 Å². The number of hydrogen-bond donors (Lipinski definition) is 0. The molecule has 1 aromatic heterocycles. The molecule has 92 valence electrons. The molecular formula is C14H18BrNO. The van der Waals surface area contributed by atoms with Gasteiger partial charge in [0.15, 0.2) is 0 Å². The van der Waals surface area contributed by atoms with Gasteiger partial charge in [-0.05, 0) is 47.3 Å². The van der Waals surface area contributed by atoms with E-state index in [0.29, 0.717) is 12.2 Å². The zero-order chi connectivity index (χ0) is 12.3. The number of carbonyl (C=O) groups is 1. The molecule has 0 unspecified atom stereocenters. The average molecular weight is 296 g/mol. The van der Waals surface area contributed by atoms with Crippen molar-refractivity contribution in [3.63, 3.8) is 0 Å². The maximum Gasteiger partial charge on any atom is 0.144 e. The predicted molar refractivity (Wildman–Crippen MR) is 72.0 cm³/mol.